The Kier molecular flexibility index (Phi) is 5.98. The van der Waals surface area contributed by atoms with Crippen LogP contribution in [0, 0.1) is 0 Å². The van der Waals surface area contributed by atoms with Crippen LogP contribution in [-0.4, -0.2) is 40.8 Å². The zero-order valence-electron chi connectivity index (χ0n) is 10.5. The van der Waals surface area contributed by atoms with Gasteiger partial charge in [0.25, 0.3) is 5.91 Å². The van der Waals surface area contributed by atoms with Crippen molar-refractivity contribution >= 4 is 17.9 Å². The van der Waals surface area contributed by atoms with Gasteiger partial charge in [-0.1, -0.05) is 30.3 Å². The first kappa shape index (κ1) is 15.4. The molecule has 1 aromatic rings. The molecule has 0 bridgehead atoms. The number of urea groups is 1. The van der Waals surface area contributed by atoms with Gasteiger partial charge in [0.05, 0.1) is 0 Å². The summed E-state index contributed by atoms with van der Waals surface area (Å²) in [7, 11) is 0. The molecule has 1 atom stereocenters. The topological polar surface area (TPSA) is 128 Å². The number of hydrogen-bond donors (Lipinski definition) is 5. The van der Waals surface area contributed by atoms with Crippen molar-refractivity contribution in [2.24, 2.45) is 0 Å². The van der Waals surface area contributed by atoms with Gasteiger partial charge in [0.2, 0.25) is 0 Å². The molecule has 5 N–H and O–H groups in total. The van der Waals surface area contributed by atoms with Crippen molar-refractivity contribution < 1.29 is 24.7 Å². The fourth-order valence-electron chi connectivity index (χ4n) is 1.46. The van der Waals surface area contributed by atoms with Crippen molar-refractivity contribution in [1.29, 1.82) is 0 Å². The molecule has 0 heterocycles. The van der Waals surface area contributed by atoms with Gasteiger partial charge in [-0.25, -0.2) is 15.1 Å². The molecule has 8 nitrogen and oxygen atoms in total. The number of carbonyl (C=O) groups is 3. The summed E-state index contributed by atoms with van der Waals surface area (Å²) in [5.74, 6) is -1.99. The van der Waals surface area contributed by atoms with Crippen LogP contribution < -0.4 is 16.1 Å². The second-order valence-electron chi connectivity index (χ2n) is 3.94. The van der Waals surface area contributed by atoms with Crippen molar-refractivity contribution in [2.45, 2.75) is 12.5 Å². The number of aliphatic carboxylic acids is 1. The van der Waals surface area contributed by atoms with Gasteiger partial charge in [0, 0.05) is 6.42 Å². The summed E-state index contributed by atoms with van der Waals surface area (Å²) in [4.78, 5) is 33.2. The second-order valence-corrected chi connectivity index (χ2v) is 3.94. The molecule has 20 heavy (non-hydrogen) atoms. The highest BCUT2D eigenvalue weighted by Crippen LogP contribution is 2.03. The van der Waals surface area contributed by atoms with Gasteiger partial charge in [0.1, 0.15) is 12.6 Å². The summed E-state index contributed by atoms with van der Waals surface area (Å²) < 4.78 is 0. The summed E-state index contributed by atoms with van der Waals surface area (Å²) in [6.45, 7) is -0.458. The molecule has 0 aromatic heterocycles. The van der Waals surface area contributed by atoms with Crippen LogP contribution in [0.5, 0.6) is 0 Å². The van der Waals surface area contributed by atoms with Gasteiger partial charge in [-0.2, -0.15) is 0 Å². The molecule has 0 saturated carbocycles. The Labute approximate surface area is 114 Å². The van der Waals surface area contributed by atoms with E-state index in [2.05, 4.69) is 10.6 Å². The standard InChI is InChI=1S/C12H15N3O5/c16-10(15-20)7-13-12(19)14-9(11(17)18)6-8-4-2-1-3-5-8/h1-5,9,20H,6-7H2,(H,15,16)(H,17,18)(H2,13,14,19). The molecule has 0 radical (unpaired) electrons. The fraction of sp³-hybridized carbons (Fsp3) is 0.250. The van der Waals surface area contributed by atoms with E-state index in [1.165, 1.54) is 5.48 Å². The van der Waals surface area contributed by atoms with Gasteiger partial charge < -0.3 is 15.7 Å². The number of carboxylic acid groups (broad SMARTS) is 1. The average Bonchev–Trinajstić information content (AvgIpc) is 2.45. The lowest BCUT2D eigenvalue weighted by molar-refractivity contribution is -0.139. The summed E-state index contributed by atoms with van der Waals surface area (Å²) in [6.07, 6.45) is 0.121. The summed E-state index contributed by atoms with van der Waals surface area (Å²) in [6, 6.07) is 6.89. The summed E-state index contributed by atoms with van der Waals surface area (Å²) >= 11 is 0. The smallest absolute Gasteiger partial charge is 0.326 e. The van der Waals surface area contributed by atoms with Crippen molar-refractivity contribution in [3.05, 3.63) is 35.9 Å². The molecule has 1 rings (SSSR count). The fourth-order valence-corrected chi connectivity index (χ4v) is 1.46. The lowest BCUT2D eigenvalue weighted by atomic mass is 10.1. The molecule has 0 saturated heterocycles. The van der Waals surface area contributed by atoms with Gasteiger partial charge in [-0.3, -0.25) is 10.0 Å². The van der Waals surface area contributed by atoms with Gasteiger partial charge >= 0.3 is 12.0 Å². The van der Waals surface area contributed by atoms with Gasteiger partial charge in [-0.05, 0) is 5.56 Å². The third-order valence-electron chi connectivity index (χ3n) is 2.42. The first-order valence-corrected chi connectivity index (χ1v) is 5.77. The van der Waals surface area contributed by atoms with E-state index < -0.39 is 30.5 Å². The van der Waals surface area contributed by atoms with E-state index in [1.54, 1.807) is 30.3 Å². The minimum absolute atomic E-state index is 0.121. The molecular weight excluding hydrogens is 266 g/mol. The predicted molar refractivity (Wildman–Crippen MR) is 68.0 cm³/mol. The average molecular weight is 281 g/mol. The minimum Gasteiger partial charge on any atom is -0.480 e. The predicted octanol–water partition coefficient (Wildman–Crippen LogP) is -0.513. The molecule has 3 amide bonds. The van der Waals surface area contributed by atoms with E-state index in [4.69, 9.17) is 10.3 Å². The van der Waals surface area contributed by atoms with Crippen LogP contribution in [0.2, 0.25) is 0 Å². The Hall–Kier alpha value is -2.61. The Bertz CT molecular complexity index is 477. The van der Waals surface area contributed by atoms with E-state index in [0.29, 0.717) is 0 Å². The number of hydrogen-bond acceptors (Lipinski definition) is 4. The molecule has 0 fully saturated rings. The van der Waals surface area contributed by atoms with Crippen LogP contribution in [0.25, 0.3) is 0 Å². The molecule has 0 aliphatic carbocycles. The summed E-state index contributed by atoms with van der Waals surface area (Å²) in [5, 5.41) is 21.6. The maximum atomic E-state index is 11.4. The number of carbonyl (C=O) groups excluding carboxylic acids is 2. The van der Waals surface area contributed by atoms with E-state index in [9.17, 15) is 14.4 Å². The number of hydroxylamine groups is 1. The van der Waals surface area contributed by atoms with Crippen LogP contribution >= 0.6 is 0 Å². The van der Waals surface area contributed by atoms with Crippen molar-refractivity contribution in [3.63, 3.8) is 0 Å². The highest BCUT2D eigenvalue weighted by Gasteiger charge is 2.20. The van der Waals surface area contributed by atoms with Gasteiger partial charge in [-0.15, -0.1) is 0 Å². The second kappa shape index (κ2) is 7.74. The number of carboxylic acids is 1. The highest BCUT2D eigenvalue weighted by atomic mass is 16.5. The van der Waals surface area contributed by atoms with Crippen LogP contribution in [0.3, 0.4) is 0 Å². The quantitative estimate of drug-likeness (QED) is 0.354. The molecule has 108 valence electrons. The SMILES string of the molecule is O=C(CNC(=O)NC(Cc1ccccc1)C(=O)O)NO. The van der Waals surface area contributed by atoms with E-state index >= 15 is 0 Å². The van der Waals surface area contributed by atoms with Gasteiger partial charge in [0.15, 0.2) is 0 Å². The molecule has 1 unspecified atom stereocenters. The van der Waals surface area contributed by atoms with Crippen molar-refractivity contribution in [1.82, 2.24) is 16.1 Å². The monoisotopic (exact) mass is 281 g/mol. The van der Waals surface area contributed by atoms with E-state index in [0.717, 1.165) is 5.56 Å². The Morgan fingerprint density at radius 1 is 1.15 bits per heavy atom. The van der Waals surface area contributed by atoms with Crippen LogP contribution in [0.1, 0.15) is 5.56 Å². The van der Waals surface area contributed by atoms with E-state index in [-0.39, 0.29) is 6.42 Å². The van der Waals surface area contributed by atoms with Crippen molar-refractivity contribution in [2.75, 3.05) is 6.54 Å². The number of amides is 3. The van der Waals surface area contributed by atoms with Crippen LogP contribution in [0.15, 0.2) is 30.3 Å². The molecule has 0 aliphatic rings. The summed E-state index contributed by atoms with van der Waals surface area (Å²) in [5.41, 5.74) is 2.10. The first-order valence-electron chi connectivity index (χ1n) is 5.77. The number of rotatable bonds is 6. The highest BCUT2D eigenvalue weighted by molar-refractivity contribution is 5.86. The van der Waals surface area contributed by atoms with Crippen LogP contribution in [-0.2, 0) is 16.0 Å². The molecule has 8 heteroatoms. The molecule has 0 aliphatic heterocycles. The minimum atomic E-state index is -1.18. The third-order valence-corrected chi connectivity index (χ3v) is 2.42. The van der Waals surface area contributed by atoms with E-state index in [1.807, 2.05) is 0 Å². The largest absolute Gasteiger partial charge is 0.480 e. The lowest BCUT2D eigenvalue weighted by Crippen LogP contribution is -2.49. The Morgan fingerprint density at radius 3 is 2.35 bits per heavy atom. The third kappa shape index (κ3) is 5.36. The first-order chi connectivity index (χ1) is 9.52. The van der Waals surface area contributed by atoms with Crippen LogP contribution in [0.4, 0.5) is 4.79 Å². The zero-order chi connectivity index (χ0) is 15.0. The maximum absolute atomic E-state index is 11.4. The zero-order valence-corrected chi connectivity index (χ0v) is 10.5. The number of benzene rings is 1. The molecule has 1 aromatic carbocycles. The Balaban J connectivity index is 2.53. The Morgan fingerprint density at radius 2 is 1.80 bits per heavy atom. The molecule has 0 spiro atoms. The number of nitrogens with one attached hydrogen (secondary N) is 3. The molecular formula is C12H15N3O5. The normalized spacial score (nSPS) is 11.2. The van der Waals surface area contributed by atoms with Crippen molar-refractivity contribution in [3.8, 4) is 0 Å². The maximum Gasteiger partial charge on any atom is 0.326 e. The lowest BCUT2D eigenvalue weighted by Gasteiger charge is -2.15.